The third-order valence-electron chi connectivity index (χ3n) is 4.52. The first-order valence-corrected chi connectivity index (χ1v) is 8.15. The summed E-state index contributed by atoms with van der Waals surface area (Å²) in [6.45, 7) is 10.7. The summed E-state index contributed by atoms with van der Waals surface area (Å²) in [5.74, 6) is 0. The summed E-state index contributed by atoms with van der Waals surface area (Å²) in [4.78, 5) is 5.19. The molecule has 1 saturated heterocycles. The van der Waals surface area contributed by atoms with Gasteiger partial charge in [0.1, 0.15) is 0 Å². The fourth-order valence-electron chi connectivity index (χ4n) is 3.37. The van der Waals surface area contributed by atoms with Crippen molar-refractivity contribution in [2.45, 2.75) is 32.7 Å². The Morgan fingerprint density at radius 2 is 1.90 bits per heavy atom. The second-order valence-electron chi connectivity index (χ2n) is 6.14. The molecule has 0 aliphatic carbocycles. The van der Waals surface area contributed by atoms with Crippen LogP contribution in [-0.4, -0.2) is 49.1 Å². The highest BCUT2D eigenvalue weighted by molar-refractivity contribution is 5.54. The number of nitrogens with one attached hydrogen (secondary N) is 1. The van der Waals surface area contributed by atoms with E-state index in [1.165, 1.54) is 68.8 Å². The molecule has 0 spiro atoms. The summed E-state index contributed by atoms with van der Waals surface area (Å²) >= 11 is 0. The molecule has 0 saturated carbocycles. The molecule has 0 amide bonds. The number of aryl methyl sites for hydroxylation is 1. The summed E-state index contributed by atoms with van der Waals surface area (Å²) in [6.07, 6.45) is 3.78. The maximum Gasteiger partial charge on any atom is 0.0372 e. The minimum Gasteiger partial charge on any atom is -0.385 e. The van der Waals surface area contributed by atoms with Crippen molar-refractivity contribution >= 4 is 5.69 Å². The molecule has 0 radical (unpaired) electrons. The molecule has 1 N–H and O–H groups in total. The van der Waals surface area contributed by atoms with E-state index in [0.717, 1.165) is 13.1 Å². The van der Waals surface area contributed by atoms with Crippen molar-refractivity contribution in [3.8, 4) is 0 Å². The third-order valence-corrected chi connectivity index (χ3v) is 4.52. The normalized spacial score (nSPS) is 20.4. The van der Waals surface area contributed by atoms with Crippen LogP contribution in [0, 0.1) is 0 Å². The molecule has 2 heterocycles. The van der Waals surface area contributed by atoms with E-state index in [4.69, 9.17) is 0 Å². The Balaban J connectivity index is 1.56. The largest absolute Gasteiger partial charge is 0.385 e. The highest BCUT2D eigenvalue weighted by Crippen LogP contribution is 2.23. The van der Waals surface area contributed by atoms with Gasteiger partial charge in [0.05, 0.1) is 0 Å². The predicted molar refractivity (Wildman–Crippen MR) is 85.3 cm³/mol. The molecule has 2 aliphatic heterocycles. The van der Waals surface area contributed by atoms with Gasteiger partial charge >= 0.3 is 0 Å². The van der Waals surface area contributed by atoms with Crippen LogP contribution >= 0.6 is 0 Å². The summed E-state index contributed by atoms with van der Waals surface area (Å²) in [6, 6.07) is 6.99. The van der Waals surface area contributed by atoms with Crippen LogP contribution in [0.1, 0.15) is 30.9 Å². The Morgan fingerprint density at radius 3 is 2.70 bits per heavy atom. The summed E-state index contributed by atoms with van der Waals surface area (Å²) in [5.41, 5.74) is 4.35. The molecule has 3 nitrogen and oxygen atoms in total. The first-order chi connectivity index (χ1) is 9.85. The molecule has 0 atom stereocenters. The SMILES string of the molecule is CCCN1CCN(Cc2ccc3c(c2)CCCN3)CC1. The lowest BCUT2D eigenvalue weighted by molar-refractivity contribution is 0.127. The first-order valence-electron chi connectivity index (χ1n) is 8.15. The number of hydrogen-bond donors (Lipinski definition) is 1. The van der Waals surface area contributed by atoms with Crippen LogP contribution < -0.4 is 5.32 Å². The van der Waals surface area contributed by atoms with Gasteiger partial charge < -0.3 is 10.2 Å². The zero-order valence-electron chi connectivity index (χ0n) is 12.7. The van der Waals surface area contributed by atoms with E-state index in [9.17, 15) is 0 Å². The van der Waals surface area contributed by atoms with E-state index in [0.29, 0.717) is 0 Å². The summed E-state index contributed by atoms with van der Waals surface area (Å²) < 4.78 is 0. The van der Waals surface area contributed by atoms with E-state index in [-0.39, 0.29) is 0 Å². The number of benzene rings is 1. The van der Waals surface area contributed by atoms with Crippen LogP contribution in [-0.2, 0) is 13.0 Å². The second-order valence-corrected chi connectivity index (χ2v) is 6.14. The van der Waals surface area contributed by atoms with Crippen LogP contribution in [0.2, 0.25) is 0 Å². The van der Waals surface area contributed by atoms with Crippen molar-refractivity contribution in [3.05, 3.63) is 29.3 Å². The van der Waals surface area contributed by atoms with E-state index in [1.54, 1.807) is 0 Å². The smallest absolute Gasteiger partial charge is 0.0372 e. The van der Waals surface area contributed by atoms with Gasteiger partial charge in [-0.3, -0.25) is 4.90 Å². The maximum absolute atomic E-state index is 3.49. The Hall–Kier alpha value is -1.06. The molecule has 110 valence electrons. The topological polar surface area (TPSA) is 18.5 Å². The van der Waals surface area contributed by atoms with Crippen molar-refractivity contribution in [1.29, 1.82) is 0 Å². The molecule has 0 bridgehead atoms. The first kappa shape index (κ1) is 13.9. The standard InChI is InChI=1S/C17H27N3/c1-2-8-19-9-11-20(12-10-19)14-15-5-6-17-16(13-15)4-3-7-18-17/h5-6,13,18H,2-4,7-12,14H2,1H3. The molecule has 3 heteroatoms. The Bertz CT molecular complexity index is 436. The van der Waals surface area contributed by atoms with Gasteiger partial charge in [0.2, 0.25) is 0 Å². The molecule has 1 aromatic rings. The van der Waals surface area contributed by atoms with Crippen molar-refractivity contribution < 1.29 is 0 Å². The van der Waals surface area contributed by atoms with Crippen LogP contribution in [0.25, 0.3) is 0 Å². The highest BCUT2D eigenvalue weighted by Gasteiger charge is 2.17. The van der Waals surface area contributed by atoms with E-state index in [1.807, 2.05) is 0 Å². The summed E-state index contributed by atoms with van der Waals surface area (Å²) in [5, 5.41) is 3.49. The molecule has 2 aliphatic rings. The van der Waals surface area contributed by atoms with Crippen LogP contribution in [0.5, 0.6) is 0 Å². The molecule has 1 aromatic carbocycles. The van der Waals surface area contributed by atoms with E-state index in [2.05, 4.69) is 40.2 Å². The number of nitrogens with zero attached hydrogens (tertiary/aromatic N) is 2. The fourth-order valence-corrected chi connectivity index (χ4v) is 3.37. The average Bonchev–Trinajstić information content (AvgIpc) is 2.49. The van der Waals surface area contributed by atoms with Gasteiger partial charge in [-0.25, -0.2) is 0 Å². The molecule has 0 aromatic heterocycles. The van der Waals surface area contributed by atoms with Crippen LogP contribution in [0.3, 0.4) is 0 Å². The fraction of sp³-hybridized carbons (Fsp3) is 0.647. The zero-order chi connectivity index (χ0) is 13.8. The highest BCUT2D eigenvalue weighted by atomic mass is 15.3. The molecule has 20 heavy (non-hydrogen) atoms. The minimum absolute atomic E-state index is 1.12. The molecular formula is C17H27N3. The number of fused-ring (bicyclic) bond motifs is 1. The Morgan fingerprint density at radius 1 is 1.10 bits per heavy atom. The lowest BCUT2D eigenvalue weighted by Gasteiger charge is -2.34. The monoisotopic (exact) mass is 273 g/mol. The number of rotatable bonds is 4. The summed E-state index contributed by atoms with van der Waals surface area (Å²) in [7, 11) is 0. The Kier molecular flexibility index (Phi) is 4.58. The molecule has 3 rings (SSSR count). The molecule has 0 unspecified atom stereocenters. The van der Waals surface area contributed by atoms with Crippen molar-refractivity contribution in [2.24, 2.45) is 0 Å². The van der Waals surface area contributed by atoms with Crippen molar-refractivity contribution in [1.82, 2.24) is 9.80 Å². The van der Waals surface area contributed by atoms with E-state index >= 15 is 0 Å². The van der Waals surface area contributed by atoms with Gasteiger partial charge in [0.25, 0.3) is 0 Å². The number of piperazine rings is 1. The van der Waals surface area contributed by atoms with Gasteiger partial charge in [-0.15, -0.1) is 0 Å². The minimum atomic E-state index is 1.12. The maximum atomic E-state index is 3.49. The van der Waals surface area contributed by atoms with Gasteiger partial charge in [0.15, 0.2) is 0 Å². The van der Waals surface area contributed by atoms with Gasteiger partial charge in [-0.2, -0.15) is 0 Å². The van der Waals surface area contributed by atoms with Crippen molar-refractivity contribution in [2.75, 3.05) is 44.6 Å². The van der Waals surface area contributed by atoms with Gasteiger partial charge in [0, 0.05) is 45.0 Å². The lowest BCUT2D eigenvalue weighted by Crippen LogP contribution is -2.45. The van der Waals surface area contributed by atoms with Crippen LogP contribution in [0.4, 0.5) is 5.69 Å². The predicted octanol–water partition coefficient (Wildman–Crippen LogP) is 2.57. The molecular weight excluding hydrogens is 246 g/mol. The lowest BCUT2D eigenvalue weighted by atomic mass is 10.0. The quantitative estimate of drug-likeness (QED) is 0.909. The number of hydrogen-bond acceptors (Lipinski definition) is 3. The van der Waals surface area contributed by atoms with Crippen molar-refractivity contribution in [3.63, 3.8) is 0 Å². The average molecular weight is 273 g/mol. The zero-order valence-corrected chi connectivity index (χ0v) is 12.7. The van der Waals surface area contributed by atoms with Crippen LogP contribution in [0.15, 0.2) is 18.2 Å². The molecule has 1 fully saturated rings. The second kappa shape index (κ2) is 6.59. The van der Waals surface area contributed by atoms with E-state index < -0.39 is 0 Å². The number of anilines is 1. The van der Waals surface area contributed by atoms with Gasteiger partial charge in [-0.1, -0.05) is 19.1 Å². The van der Waals surface area contributed by atoms with Gasteiger partial charge in [-0.05, 0) is 43.0 Å². The Labute approximate surface area is 123 Å². The third kappa shape index (κ3) is 3.33.